The van der Waals surface area contributed by atoms with Crippen molar-refractivity contribution >= 4 is 61.1 Å². The molecule has 0 bridgehead atoms. The third-order valence-electron chi connectivity index (χ3n) is 1.47. The van der Waals surface area contributed by atoms with Crippen molar-refractivity contribution in [2.75, 3.05) is 7.11 Å². The zero-order chi connectivity index (χ0) is 8.48. The summed E-state index contributed by atoms with van der Waals surface area (Å²) < 4.78 is 7.68. The van der Waals surface area contributed by atoms with E-state index in [1.807, 2.05) is 6.08 Å². The van der Waals surface area contributed by atoms with Crippen LogP contribution in [0.25, 0.3) is 0 Å². The largest absolute Gasteiger partial charge is 0.364 e. The van der Waals surface area contributed by atoms with Gasteiger partial charge in [0.05, 0.1) is 0 Å². The standard InChI is InChI=1S/C7H7BrI2O/c1-11-7(10)3-2-5(8)6(9)4-7/h2-3H,4H2,1H3. The highest BCUT2D eigenvalue weighted by molar-refractivity contribution is 14.1. The van der Waals surface area contributed by atoms with Crippen LogP contribution >= 0.6 is 61.1 Å². The fraction of sp³-hybridized carbons (Fsp3) is 0.429. The maximum Gasteiger partial charge on any atom is 0.141 e. The lowest BCUT2D eigenvalue weighted by molar-refractivity contribution is 0.127. The molecule has 1 aliphatic carbocycles. The smallest absolute Gasteiger partial charge is 0.141 e. The summed E-state index contributed by atoms with van der Waals surface area (Å²) in [7, 11) is 1.74. The predicted molar refractivity (Wildman–Crippen MR) is 67.5 cm³/mol. The average molecular weight is 441 g/mol. The van der Waals surface area contributed by atoms with Crippen molar-refractivity contribution in [2.24, 2.45) is 0 Å². The molecule has 0 aromatic heterocycles. The highest BCUT2D eigenvalue weighted by atomic mass is 127. The Kier molecular flexibility index (Phi) is 3.86. The lowest BCUT2D eigenvalue weighted by atomic mass is 10.1. The molecule has 4 heteroatoms. The van der Waals surface area contributed by atoms with Crippen molar-refractivity contribution in [1.29, 1.82) is 0 Å². The molecule has 0 aromatic carbocycles. The van der Waals surface area contributed by atoms with Gasteiger partial charge in [0, 0.05) is 21.6 Å². The number of methoxy groups -OCH3 is 1. The van der Waals surface area contributed by atoms with Crippen LogP contribution in [0.3, 0.4) is 0 Å². The number of alkyl halides is 1. The molecule has 1 rings (SSSR count). The Balaban J connectivity index is 2.81. The minimum atomic E-state index is -0.133. The number of hydrogen-bond acceptors (Lipinski definition) is 1. The van der Waals surface area contributed by atoms with E-state index in [-0.39, 0.29) is 3.61 Å². The third kappa shape index (κ3) is 2.67. The van der Waals surface area contributed by atoms with E-state index in [9.17, 15) is 0 Å². The van der Waals surface area contributed by atoms with Gasteiger partial charge >= 0.3 is 0 Å². The normalized spacial score (nSPS) is 31.3. The van der Waals surface area contributed by atoms with Crippen molar-refractivity contribution in [3.8, 4) is 0 Å². The monoisotopic (exact) mass is 440 g/mol. The van der Waals surface area contributed by atoms with Crippen LogP contribution in [0.5, 0.6) is 0 Å². The molecule has 0 aromatic rings. The number of hydrogen-bond donors (Lipinski definition) is 0. The number of halogens is 3. The topological polar surface area (TPSA) is 9.23 Å². The van der Waals surface area contributed by atoms with Gasteiger partial charge in [-0.1, -0.05) is 15.9 Å². The summed E-state index contributed by atoms with van der Waals surface area (Å²) in [5.41, 5.74) is 0. The van der Waals surface area contributed by atoms with E-state index in [0.717, 1.165) is 6.42 Å². The molecule has 0 fully saturated rings. The summed E-state index contributed by atoms with van der Waals surface area (Å²) in [6, 6.07) is 0. The summed E-state index contributed by atoms with van der Waals surface area (Å²) in [6.07, 6.45) is 5.06. The Morgan fingerprint density at radius 2 is 2.36 bits per heavy atom. The molecule has 0 aliphatic heterocycles. The second kappa shape index (κ2) is 4.06. The van der Waals surface area contributed by atoms with Gasteiger partial charge < -0.3 is 4.74 Å². The molecule has 0 N–H and O–H groups in total. The zero-order valence-corrected chi connectivity index (χ0v) is 11.8. The van der Waals surface area contributed by atoms with Crippen molar-refractivity contribution < 1.29 is 4.74 Å². The van der Waals surface area contributed by atoms with E-state index in [1.165, 1.54) is 8.06 Å². The molecule has 1 aliphatic rings. The average Bonchev–Trinajstić information content (AvgIpc) is 1.98. The van der Waals surface area contributed by atoms with Gasteiger partial charge in [-0.05, 0) is 57.3 Å². The summed E-state index contributed by atoms with van der Waals surface area (Å²) in [5.74, 6) is 0. The fourth-order valence-corrected chi connectivity index (χ4v) is 3.09. The predicted octanol–water partition coefficient (Wildman–Crippen LogP) is 3.77. The Morgan fingerprint density at radius 3 is 2.82 bits per heavy atom. The van der Waals surface area contributed by atoms with Crippen LogP contribution < -0.4 is 0 Å². The van der Waals surface area contributed by atoms with Gasteiger partial charge in [0.25, 0.3) is 0 Å². The molecule has 0 saturated heterocycles. The molecular formula is C7H7BrI2O. The lowest BCUT2D eigenvalue weighted by Gasteiger charge is -2.25. The molecule has 1 atom stereocenters. The summed E-state index contributed by atoms with van der Waals surface area (Å²) >= 11 is 8.10. The first-order chi connectivity index (χ1) is 5.07. The van der Waals surface area contributed by atoms with Gasteiger partial charge in [-0.15, -0.1) is 0 Å². The van der Waals surface area contributed by atoms with Crippen LogP contribution in [0.1, 0.15) is 6.42 Å². The van der Waals surface area contributed by atoms with E-state index in [0.29, 0.717) is 0 Å². The minimum absolute atomic E-state index is 0.133. The molecule has 0 saturated carbocycles. The van der Waals surface area contributed by atoms with Gasteiger partial charge in [0.1, 0.15) is 3.61 Å². The summed E-state index contributed by atoms with van der Waals surface area (Å²) in [5, 5.41) is 0. The molecule has 0 spiro atoms. The Hall–Kier alpha value is 1.38. The third-order valence-corrected chi connectivity index (χ3v) is 5.10. The van der Waals surface area contributed by atoms with Crippen molar-refractivity contribution in [3.05, 3.63) is 20.2 Å². The van der Waals surface area contributed by atoms with Crippen LogP contribution in [-0.4, -0.2) is 10.7 Å². The van der Waals surface area contributed by atoms with Crippen LogP contribution in [0.2, 0.25) is 0 Å². The Bertz CT molecular complexity index is 224. The molecule has 1 nitrogen and oxygen atoms in total. The summed E-state index contributed by atoms with van der Waals surface area (Å²) in [4.78, 5) is 0. The van der Waals surface area contributed by atoms with E-state index in [4.69, 9.17) is 4.74 Å². The SMILES string of the molecule is COC1(I)C=CC(Br)=C(I)C1. The molecule has 0 amide bonds. The van der Waals surface area contributed by atoms with E-state index in [1.54, 1.807) is 7.11 Å². The number of ether oxygens (including phenoxy) is 1. The first-order valence-corrected chi connectivity index (χ1v) is 6.00. The Morgan fingerprint density at radius 1 is 1.73 bits per heavy atom. The van der Waals surface area contributed by atoms with E-state index < -0.39 is 0 Å². The first-order valence-electron chi connectivity index (χ1n) is 3.05. The molecule has 1 unspecified atom stereocenters. The minimum Gasteiger partial charge on any atom is -0.364 e. The Labute approximate surface area is 102 Å². The van der Waals surface area contributed by atoms with E-state index in [2.05, 4.69) is 67.2 Å². The zero-order valence-electron chi connectivity index (χ0n) is 5.90. The second-order valence-corrected chi connectivity index (χ2v) is 6.24. The van der Waals surface area contributed by atoms with Crippen LogP contribution in [0.15, 0.2) is 20.2 Å². The highest BCUT2D eigenvalue weighted by Crippen LogP contribution is 2.39. The number of allylic oxidation sites excluding steroid dienone is 2. The van der Waals surface area contributed by atoms with Crippen molar-refractivity contribution in [2.45, 2.75) is 10.0 Å². The summed E-state index contributed by atoms with van der Waals surface area (Å²) in [6.45, 7) is 0. The van der Waals surface area contributed by atoms with Crippen LogP contribution in [0, 0.1) is 0 Å². The number of rotatable bonds is 1. The highest BCUT2D eigenvalue weighted by Gasteiger charge is 2.26. The first kappa shape index (κ1) is 10.5. The van der Waals surface area contributed by atoms with Gasteiger partial charge in [-0.2, -0.15) is 0 Å². The quantitative estimate of drug-likeness (QED) is 0.445. The van der Waals surface area contributed by atoms with Gasteiger partial charge in [0.15, 0.2) is 0 Å². The molecule has 0 radical (unpaired) electrons. The van der Waals surface area contributed by atoms with E-state index >= 15 is 0 Å². The second-order valence-electron chi connectivity index (χ2n) is 2.25. The maximum absolute atomic E-state index is 5.34. The van der Waals surface area contributed by atoms with Gasteiger partial charge in [-0.3, -0.25) is 0 Å². The van der Waals surface area contributed by atoms with Crippen molar-refractivity contribution in [3.63, 3.8) is 0 Å². The molecule has 62 valence electrons. The van der Waals surface area contributed by atoms with Gasteiger partial charge in [-0.25, -0.2) is 0 Å². The van der Waals surface area contributed by atoms with Crippen molar-refractivity contribution in [1.82, 2.24) is 0 Å². The maximum atomic E-state index is 5.34. The molecule has 11 heavy (non-hydrogen) atoms. The molecule has 0 heterocycles. The van der Waals surface area contributed by atoms with Gasteiger partial charge in [0.2, 0.25) is 0 Å². The van der Waals surface area contributed by atoms with Crippen LogP contribution in [-0.2, 0) is 4.74 Å². The molecular weight excluding hydrogens is 434 g/mol. The fourth-order valence-electron chi connectivity index (χ4n) is 0.783. The van der Waals surface area contributed by atoms with Crippen LogP contribution in [0.4, 0.5) is 0 Å². The lowest BCUT2D eigenvalue weighted by Crippen LogP contribution is -2.21.